The van der Waals surface area contributed by atoms with E-state index in [9.17, 15) is 4.79 Å². The number of rotatable bonds is 3. The second-order valence-electron chi connectivity index (χ2n) is 5.46. The van der Waals surface area contributed by atoms with Gasteiger partial charge in [-0.15, -0.1) is 0 Å². The molecule has 3 rings (SSSR count). The van der Waals surface area contributed by atoms with E-state index >= 15 is 0 Å². The van der Waals surface area contributed by atoms with Crippen LogP contribution >= 0.6 is 0 Å². The summed E-state index contributed by atoms with van der Waals surface area (Å²) in [6.07, 6.45) is 4.28. The lowest BCUT2D eigenvalue weighted by Crippen LogP contribution is -2.41. The van der Waals surface area contributed by atoms with Crippen molar-refractivity contribution >= 4 is 16.9 Å². The molecule has 20 heavy (non-hydrogen) atoms. The molecule has 0 saturated heterocycles. The van der Waals surface area contributed by atoms with Gasteiger partial charge in [0.1, 0.15) is 5.58 Å². The lowest BCUT2D eigenvalue weighted by Gasteiger charge is -2.28. The first-order chi connectivity index (χ1) is 9.76. The van der Waals surface area contributed by atoms with Gasteiger partial charge in [0.15, 0.2) is 5.76 Å². The molecule has 1 aliphatic rings. The SMILES string of the molecule is CNC1CCC(NC(=O)c2cc3ccccc3o2)CC1. The molecule has 0 spiro atoms. The van der Waals surface area contributed by atoms with E-state index in [4.69, 9.17) is 4.42 Å². The first kappa shape index (κ1) is 13.2. The molecule has 106 valence electrons. The van der Waals surface area contributed by atoms with E-state index in [1.165, 1.54) is 0 Å². The van der Waals surface area contributed by atoms with Crippen LogP contribution in [-0.2, 0) is 0 Å². The number of para-hydroxylation sites is 1. The Bertz CT molecular complexity index is 564. The first-order valence-corrected chi connectivity index (χ1v) is 7.23. The van der Waals surface area contributed by atoms with Gasteiger partial charge in [-0.2, -0.15) is 0 Å². The van der Waals surface area contributed by atoms with Crippen molar-refractivity contribution in [3.8, 4) is 0 Å². The Morgan fingerprint density at radius 2 is 1.85 bits per heavy atom. The van der Waals surface area contributed by atoms with Crippen LogP contribution in [0.15, 0.2) is 34.7 Å². The largest absolute Gasteiger partial charge is 0.451 e. The molecule has 2 N–H and O–H groups in total. The van der Waals surface area contributed by atoms with Gasteiger partial charge in [-0.3, -0.25) is 4.79 Å². The van der Waals surface area contributed by atoms with Crippen LogP contribution in [0.1, 0.15) is 36.2 Å². The van der Waals surface area contributed by atoms with E-state index in [1.54, 1.807) is 0 Å². The molecule has 4 nitrogen and oxygen atoms in total. The third kappa shape index (κ3) is 2.70. The number of hydrogen-bond donors (Lipinski definition) is 2. The van der Waals surface area contributed by atoms with Gasteiger partial charge in [0.05, 0.1) is 0 Å². The fraction of sp³-hybridized carbons (Fsp3) is 0.438. The summed E-state index contributed by atoms with van der Waals surface area (Å²) in [6.45, 7) is 0. The van der Waals surface area contributed by atoms with Gasteiger partial charge in [-0.05, 0) is 44.9 Å². The molecule has 0 radical (unpaired) electrons. The molecule has 4 heteroatoms. The van der Waals surface area contributed by atoms with Crippen LogP contribution in [0.5, 0.6) is 0 Å². The molecule has 1 aromatic carbocycles. The smallest absolute Gasteiger partial charge is 0.287 e. The van der Waals surface area contributed by atoms with Gasteiger partial charge in [-0.25, -0.2) is 0 Å². The van der Waals surface area contributed by atoms with E-state index in [0.29, 0.717) is 11.8 Å². The highest BCUT2D eigenvalue weighted by Crippen LogP contribution is 2.21. The number of fused-ring (bicyclic) bond motifs is 1. The third-order valence-corrected chi connectivity index (χ3v) is 4.12. The molecule has 1 fully saturated rings. The molecular formula is C16H20N2O2. The maximum Gasteiger partial charge on any atom is 0.287 e. The maximum absolute atomic E-state index is 12.2. The lowest BCUT2D eigenvalue weighted by molar-refractivity contribution is 0.0898. The van der Waals surface area contributed by atoms with Crippen LogP contribution in [0.25, 0.3) is 11.0 Å². The summed E-state index contributed by atoms with van der Waals surface area (Å²) in [6, 6.07) is 10.3. The number of hydrogen-bond acceptors (Lipinski definition) is 3. The molecule has 0 atom stereocenters. The van der Waals surface area contributed by atoms with E-state index < -0.39 is 0 Å². The van der Waals surface area contributed by atoms with Crippen LogP contribution in [0.2, 0.25) is 0 Å². The van der Waals surface area contributed by atoms with Gasteiger partial charge < -0.3 is 15.1 Å². The quantitative estimate of drug-likeness (QED) is 0.903. The summed E-state index contributed by atoms with van der Waals surface area (Å²) >= 11 is 0. The first-order valence-electron chi connectivity index (χ1n) is 7.23. The zero-order valence-corrected chi connectivity index (χ0v) is 11.7. The summed E-state index contributed by atoms with van der Waals surface area (Å²) in [4.78, 5) is 12.2. The number of amides is 1. The molecule has 1 aromatic heterocycles. The Balaban J connectivity index is 1.64. The molecular weight excluding hydrogens is 252 g/mol. The molecule has 1 saturated carbocycles. The minimum absolute atomic E-state index is 0.103. The van der Waals surface area contributed by atoms with E-state index in [0.717, 1.165) is 36.7 Å². The zero-order valence-electron chi connectivity index (χ0n) is 11.7. The number of carbonyl (C=O) groups is 1. The average Bonchev–Trinajstić information content (AvgIpc) is 2.92. The molecule has 1 heterocycles. The van der Waals surface area contributed by atoms with Crippen LogP contribution in [0.4, 0.5) is 0 Å². The van der Waals surface area contributed by atoms with Gasteiger partial charge in [0.2, 0.25) is 0 Å². The zero-order chi connectivity index (χ0) is 13.9. The van der Waals surface area contributed by atoms with Crippen molar-refractivity contribution in [1.82, 2.24) is 10.6 Å². The van der Waals surface area contributed by atoms with E-state index in [1.807, 2.05) is 37.4 Å². The van der Waals surface area contributed by atoms with Crippen molar-refractivity contribution in [2.75, 3.05) is 7.05 Å². The number of furan rings is 1. The average molecular weight is 272 g/mol. The normalized spacial score (nSPS) is 22.9. The van der Waals surface area contributed by atoms with Crippen molar-refractivity contribution in [2.45, 2.75) is 37.8 Å². The fourth-order valence-electron chi connectivity index (χ4n) is 2.88. The van der Waals surface area contributed by atoms with Gasteiger partial charge in [0.25, 0.3) is 5.91 Å². The molecule has 0 bridgehead atoms. The summed E-state index contributed by atoms with van der Waals surface area (Å²) in [5.41, 5.74) is 0.761. The Morgan fingerprint density at radius 3 is 2.55 bits per heavy atom. The predicted molar refractivity (Wildman–Crippen MR) is 78.8 cm³/mol. The van der Waals surface area contributed by atoms with Gasteiger partial charge >= 0.3 is 0 Å². The number of benzene rings is 1. The summed E-state index contributed by atoms with van der Waals surface area (Å²) in [5, 5.41) is 7.35. The molecule has 2 aromatic rings. The highest BCUT2D eigenvalue weighted by atomic mass is 16.3. The third-order valence-electron chi connectivity index (χ3n) is 4.12. The van der Waals surface area contributed by atoms with Crippen LogP contribution < -0.4 is 10.6 Å². The lowest BCUT2D eigenvalue weighted by atomic mass is 9.91. The van der Waals surface area contributed by atoms with Crippen molar-refractivity contribution < 1.29 is 9.21 Å². The maximum atomic E-state index is 12.2. The number of nitrogens with one attached hydrogen (secondary N) is 2. The second-order valence-corrected chi connectivity index (χ2v) is 5.46. The Morgan fingerprint density at radius 1 is 1.15 bits per heavy atom. The number of carbonyl (C=O) groups excluding carboxylic acids is 1. The predicted octanol–water partition coefficient (Wildman–Crippen LogP) is 2.69. The molecule has 1 aliphatic carbocycles. The standard InChI is InChI=1S/C16H20N2O2/c1-17-12-6-8-13(9-7-12)18-16(19)15-10-11-4-2-3-5-14(11)20-15/h2-5,10,12-13,17H,6-9H2,1H3,(H,18,19). The van der Waals surface area contributed by atoms with Crippen molar-refractivity contribution in [3.63, 3.8) is 0 Å². The Labute approximate surface area is 118 Å². The molecule has 0 aliphatic heterocycles. The highest BCUT2D eigenvalue weighted by Gasteiger charge is 2.22. The van der Waals surface area contributed by atoms with Crippen LogP contribution in [0.3, 0.4) is 0 Å². The topological polar surface area (TPSA) is 54.3 Å². The van der Waals surface area contributed by atoms with Gasteiger partial charge in [0, 0.05) is 17.5 Å². The molecule has 1 amide bonds. The summed E-state index contributed by atoms with van der Waals surface area (Å²) in [7, 11) is 2.00. The Kier molecular flexibility index (Phi) is 3.74. The van der Waals surface area contributed by atoms with Crippen molar-refractivity contribution in [3.05, 3.63) is 36.1 Å². The Hall–Kier alpha value is -1.81. The minimum atomic E-state index is -0.103. The van der Waals surface area contributed by atoms with Gasteiger partial charge in [-0.1, -0.05) is 18.2 Å². The monoisotopic (exact) mass is 272 g/mol. The van der Waals surface area contributed by atoms with E-state index in [-0.39, 0.29) is 11.9 Å². The van der Waals surface area contributed by atoms with Crippen molar-refractivity contribution in [2.24, 2.45) is 0 Å². The van der Waals surface area contributed by atoms with E-state index in [2.05, 4.69) is 10.6 Å². The molecule has 0 unspecified atom stereocenters. The highest BCUT2D eigenvalue weighted by molar-refractivity contribution is 5.96. The summed E-state index contributed by atoms with van der Waals surface area (Å²) in [5.74, 6) is 0.302. The van der Waals surface area contributed by atoms with Crippen LogP contribution in [-0.4, -0.2) is 25.0 Å². The summed E-state index contributed by atoms with van der Waals surface area (Å²) < 4.78 is 5.59. The second kappa shape index (κ2) is 5.67. The van der Waals surface area contributed by atoms with Crippen molar-refractivity contribution in [1.29, 1.82) is 0 Å². The van der Waals surface area contributed by atoms with Crippen LogP contribution in [0, 0.1) is 0 Å². The minimum Gasteiger partial charge on any atom is -0.451 e. The fourth-order valence-corrected chi connectivity index (χ4v) is 2.88.